The summed E-state index contributed by atoms with van der Waals surface area (Å²) in [6.45, 7) is 0. The number of aromatic nitrogens is 2. The van der Waals surface area contributed by atoms with Gasteiger partial charge in [-0.05, 0) is 12.1 Å². The monoisotopic (exact) mass is 254 g/mol. The standard InChI is InChI=1S/C10H11N2O4P/c1-14-17(13,16-10-7-8-11-12-10)15-9-5-3-2-4-6-9/h2-8H,1H3,(H,11,12). The van der Waals surface area contributed by atoms with Gasteiger partial charge < -0.3 is 9.05 Å². The summed E-state index contributed by atoms with van der Waals surface area (Å²) < 4.78 is 27.2. The molecule has 0 radical (unpaired) electrons. The second-order valence-corrected chi connectivity index (χ2v) is 4.67. The molecular weight excluding hydrogens is 243 g/mol. The first-order chi connectivity index (χ1) is 8.22. The normalized spacial score (nSPS) is 13.9. The predicted octanol–water partition coefficient (Wildman–Crippen LogP) is 2.62. The molecule has 0 spiro atoms. The summed E-state index contributed by atoms with van der Waals surface area (Å²) >= 11 is 0. The zero-order valence-electron chi connectivity index (χ0n) is 9.07. The van der Waals surface area contributed by atoms with E-state index in [1.165, 1.54) is 19.4 Å². The van der Waals surface area contributed by atoms with Crippen LogP contribution < -0.4 is 9.05 Å². The average molecular weight is 254 g/mol. The Kier molecular flexibility index (Phi) is 3.46. The summed E-state index contributed by atoms with van der Waals surface area (Å²) in [5, 5.41) is 6.17. The van der Waals surface area contributed by atoms with Crippen molar-refractivity contribution in [2.75, 3.05) is 7.11 Å². The lowest BCUT2D eigenvalue weighted by molar-refractivity contribution is 0.247. The van der Waals surface area contributed by atoms with Gasteiger partial charge in [0.25, 0.3) is 0 Å². The summed E-state index contributed by atoms with van der Waals surface area (Å²) in [5.74, 6) is 0.614. The molecule has 1 unspecified atom stereocenters. The molecule has 0 aliphatic carbocycles. The second-order valence-electron chi connectivity index (χ2n) is 3.05. The first kappa shape index (κ1) is 11.7. The first-order valence-corrected chi connectivity index (χ1v) is 6.27. The summed E-state index contributed by atoms with van der Waals surface area (Å²) in [6, 6.07) is 10.2. The van der Waals surface area contributed by atoms with E-state index in [0.29, 0.717) is 5.75 Å². The first-order valence-electron chi connectivity index (χ1n) is 4.81. The Labute approximate surface area is 98.1 Å². The molecule has 1 atom stereocenters. The van der Waals surface area contributed by atoms with Crippen LogP contribution in [0.4, 0.5) is 0 Å². The molecule has 1 aromatic carbocycles. The highest BCUT2D eigenvalue weighted by Gasteiger charge is 2.29. The van der Waals surface area contributed by atoms with E-state index in [0.717, 1.165) is 0 Å². The molecule has 0 bridgehead atoms. The number of benzene rings is 1. The van der Waals surface area contributed by atoms with E-state index in [9.17, 15) is 4.57 Å². The minimum absolute atomic E-state index is 0.214. The molecule has 1 aromatic heterocycles. The Bertz CT molecular complexity index is 500. The molecular formula is C10H11N2O4P. The molecule has 90 valence electrons. The minimum Gasteiger partial charge on any atom is -0.395 e. The average Bonchev–Trinajstić information content (AvgIpc) is 2.83. The van der Waals surface area contributed by atoms with Crippen LogP contribution in [0.2, 0.25) is 0 Å². The molecule has 0 saturated carbocycles. The van der Waals surface area contributed by atoms with Crippen LogP contribution in [-0.2, 0) is 9.09 Å². The summed E-state index contributed by atoms with van der Waals surface area (Å²) in [6.07, 6.45) is 1.47. The number of phosphoric acid groups is 1. The number of phosphoric ester groups is 1. The van der Waals surface area contributed by atoms with E-state index >= 15 is 0 Å². The van der Waals surface area contributed by atoms with Gasteiger partial charge in [-0.25, -0.2) is 9.66 Å². The van der Waals surface area contributed by atoms with Crippen LogP contribution in [0.15, 0.2) is 42.6 Å². The molecule has 17 heavy (non-hydrogen) atoms. The lowest BCUT2D eigenvalue weighted by Gasteiger charge is -2.15. The van der Waals surface area contributed by atoms with E-state index in [4.69, 9.17) is 13.6 Å². The maximum atomic E-state index is 12.1. The molecule has 0 aliphatic heterocycles. The fourth-order valence-electron chi connectivity index (χ4n) is 1.12. The van der Waals surface area contributed by atoms with Crippen LogP contribution in [0.25, 0.3) is 0 Å². The Morgan fingerprint density at radius 3 is 2.53 bits per heavy atom. The van der Waals surface area contributed by atoms with Crippen molar-refractivity contribution in [2.24, 2.45) is 0 Å². The van der Waals surface area contributed by atoms with Crippen LogP contribution in [0, 0.1) is 0 Å². The van der Waals surface area contributed by atoms with Crippen molar-refractivity contribution in [2.45, 2.75) is 0 Å². The summed E-state index contributed by atoms with van der Waals surface area (Å²) in [4.78, 5) is 0. The third-order valence-corrected chi connectivity index (χ3v) is 3.17. The molecule has 0 saturated heterocycles. The van der Waals surface area contributed by atoms with Crippen LogP contribution in [0.3, 0.4) is 0 Å². The quantitative estimate of drug-likeness (QED) is 0.830. The van der Waals surface area contributed by atoms with Crippen molar-refractivity contribution in [3.8, 4) is 11.6 Å². The summed E-state index contributed by atoms with van der Waals surface area (Å²) in [7, 11) is -2.43. The van der Waals surface area contributed by atoms with E-state index < -0.39 is 7.82 Å². The van der Waals surface area contributed by atoms with Crippen molar-refractivity contribution in [1.82, 2.24) is 10.2 Å². The van der Waals surface area contributed by atoms with Crippen LogP contribution >= 0.6 is 7.82 Å². The highest BCUT2D eigenvalue weighted by atomic mass is 31.2. The van der Waals surface area contributed by atoms with Gasteiger partial charge in [-0.3, -0.25) is 4.52 Å². The van der Waals surface area contributed by atoms with Crippen LogP contribution in [0.1, 0.15) is 0 Å². The molecule has 7 heteroatoms. The highest BCUT2D eigenvalue weighted by Crippen LogP contribution is 2.48. The third-order valence-electron chi connectivity index (χ3n) is 1.87. The van der Waals surface area contributed by atoms with Crippen molar-refractivity contribution >= 4 is 7.82 Å². The molecule has 0 amide bonds. The van der Waals surface area contributed by atoms with Crippen molar-refractivity contribution in [1.29, 1.82) is 0 Å². The molecule has 2 aromatic rings. The van der Waals surface area contributed by atoms with Gasteiger partial charge in [-0.2, -0.15) is 5.10 Å². The predicted molar refractivity (Wildman–Crippen MR) is 60.9 cm³/mol. The van der Waals surface area contributed by atoms with Gasteiger partial charge in [0, 0.05) is 13.2 Å². The van der Waals surface area contributed by atoms with Gasteiger partial charge in [-0.1, -0.05) is 18.2 Å². The van der Waals surface area contributed by atoms with Gasteiger partial charge in [0.2, 0.25) is 5.88 Å². The number of hydrogen-bond acceptors (Lipinski definition) is 5. The number of nitrogens with one attached hydrogen (secondary N) is 1. The number of rotatable bonds is 5. The highest BCUT2D eigenvalue weighted by molar-refractivity contribution is 7.49. The number of H-pyrrole nitrogens is 1. The molecule has 1 N–H and O–H groups in total. The lowest BCUT2D eigenvalue weighted by atomic mass is 10.3. The topological polar surface area (TPSA) is 73.4 Å². The van der Waals surface area contributed by atoms with Crippen molar-refractivity contribution in [3.05, 3.63) is 42.6 Å². The van der Waals surface area contributed by atoms with E-state index in [1.807, 2.05) is 6.07 Å². The molecule has 6 nitrogen and oxygen atoms in total. The van der Waals surface area contributed by atoms with Gasteiger partial charge in [-0.15, -0.1) is 0 Å². The van der Waals surface area contributed by atoms with E-state index in [1.54, 1.807) is 24.3 Å². The van der Waals surface area contributed by atoms with E-state index in [-0.39, 0.29) is 5.88 Å². The maximum absolute atomic E-state index is 12.1. The zero-order valence-corrected chi connectivity index (χ0v) is 9.96. The number of aromatic amines is 1. The Balaban J connectivity index is 2.12. The minimum atomic E-state index is -3.68. The Hall–Kier alpha value is -1.78. The fraction of sp³-hybridized carbons (Fsp3) is 0.100. The SMILES string of the molecule is COP(=O)(Oc1ccccc1)Oc1ccn[nH]1. The van der Waals surface area contributed by atoms with Gasteiger partial charge in [0.05, 0.1) is 6.20 Å². The molecule has 1 heterocycles. The summed E-state index contributed by atoms with van der Waals surface area (Å²) in [5.41, 5.74) is 0. The van der Waals surface area contributed by atoms with Gasteiger partial charge in [0.1, 0.15) is 5.75 Å². The van der Waals surface area contributed by atoms with Gasteiger partial charge >= 0.3 is 7.82 Å². The van der Waals surface area contributed by atoms with Crippen molar-refractivity contribution < 1.29 is 18.1 Å². The number of hydrogen-bond donors (Lipinski definition) is 1. The third kappa shape index (κ3) is 3.09. The fourth-order valence-corrected chi connectivity index (χ4v) is 2.03. The lowest BCUT2D eigenvalue weighted by Crippen LogP contribution is -2.02. The second kappa shape index (κ2) is 5.03. The van der Waals surface area contributed by atoms with Gasteiger partial charge in [0.15, 0.2) is 0 Å². The number of para-hydroxylation sites is 1. The molecule has 2 rings (SSSR count). The Morgan fingerprint density at radius 1 is 1.18 bits per heavy atom. The smallest absolute Gasteiger partial charge is 0.395 e. The Morgan fingerprint density at radius 2 is 1.94 bits per heavy atom. The maximum Gasteiger partial charge on any atom is 0.588 e. The number of nitrogens with zero attached hydrogens (tertiary/aromatic N) is 1. The molecule has 0 fully saturated rings. The van der Waals surface area contributed by atoms with Crippen LogP contribution in [-0.4, -0.2) is 17.3 Å². The molecule has 0 aliphatic rings. The van der Waals surface area contributed by atoms with E-state index in [2.05, 4.69) is 10.2 Å². The van der Waals surface area contributed by atoms with Crippen molar-refractivity contribution in [3.63, 3.8) is 0 Å². The largest absolute Gasteiger partial charge is 0.588 e. The van der Waals surface area contributed by atoms with Crippen LogP contribution in [0.5, 0.6) is 11.6 Å². The zero-order chi connectivity index (χ0) is 12.1.